The first-order valence-electron chi connectivity index (χ1n) is 6.53. The monoisotopic (exact) mass is 265 g/mol. The maximum absolute atomic E-state index is 8.90. The van der Waals surface area contributed by atoms with Crippen molar-refractivity contribution in [2.45, 2.75) is 6.54 Å². The van der Waals surface area contributed by atoms with Crippen molar-refractivity contribution in [3.05, 3.63) is 53.6 Å². The highest BCUT2D eigenvalue weighted by Gasteiger charge is 2.17. The van der Waals surface area contributed by atoms with Gasteiger partial charge in [0.05, 0.1) is 29.6 Å². The van der Waals surface area contributed by atoms with E-state index in [1.54, 1.807) is 12.1 Å². The number of rotatable bonds is 1. The quantitative estimate of drug-likeness (QED) is 0.805. The largest absolute Gasteiger partial charge is 0.491 e. The van der Waals surface area contributed by atoms with Crippen LogP contribution in [-0.4, -0.2) is 13.2 Å². The van der Waals surface area contributed by atoms with Crippen LogP contribution in [0, 0.1) is 11.3 Å². The summed E-state index contributed by atoms with van der Waals surface area (Å²) >= 11 is 0. The fourth-order valence-corrected chi connectivity index (χ4v) is 2.44. The third kappa shape index (κ3) is 2.26. The number of benzene rings is 2. The zero-order valence-electron chi connectivity index (χ0n) is 11.0. The summed E-state index contributed by atoms with van der Waals surface area (Å²) in [5, 5.41) is 8.90. The molecule has 0 spiro atoms. The van der Waals surface area contributed by atoms with Crippen molar-refractivity contribution in [3.63, 3.8) is 0 Å². The standard InChI is InChI=1S/C16H15N3O/c17-10-12-5-6-15(14(18)9-12)19-7-8-20-16-4-2-1-3-13(16)11-19/h1-6,9H,7-8,11,18H2. The van der Waals surface area contributed by atoms with Gasteiger partial charge in [-0.3, -0.25) is 0 Å². The van der Waals surface area contributed by atoms with Crippen LogP contribution in [0.3, 0.4) is 0 Å². The number of hydrogen-bond acceptors (Lipinski definition) is 4. The molecule has 4 nitrogen and oxygen atoms in total. The lowest BCUT2D eigenvalue weighted by Crippen LogP contribution is -2.26. The Morgan fingerprint density at radius 3 is 2.85 bits per heavy atom. The van der Waals surface area contributed by atoms with Gasteiger partial charge in [-0.2, -0.15) is 5.26 Å². The third-order valence-electron chi connectivity index (χ3n) is 3.45. The van der Waals surface area contributed by atoms with E-state index in [2.05, 4.69) is 17.0 Å². The summed E-state index contributed by atoms with van der Waals surface area (Å²) in [6.45, 7) is 2.15. The van der Waals surface area contributed by atoms with Crippen molar-refractivity contribution in [3.8, 4) is 11.8 Å². The van der Waals surface area contributed by atoms with Gasteiger partial charge in [-0.15, -0.1) is 0 Å². The molecule has 0 atom stereocenters. The first-order chi connectivity index (χ1) is 9.78. The molecule has 2 aromatic carbocycles. The fourth-order valence-electron chi connectivity index (χ4n) is 2.44. The maximum Gasteiger partial charge on any atom is 0.124 e. The van der Waals surface area contributed by atoms with Crippen LogP contribution >= 0.6 is 0 Å². The van der Waals surface area contributed by atoms with Crippen molar-refractivity contribution < 1.29 is 4.74 Å². The highest BCUT2D eigenvalue weighted by molar-refractivity contribution is 5.70. The molecule has 0 fully saturated rings. The summed E-state index contributed by atoms with van der Waals surface area (Å²) in [5.74, 6) is 0.933. The molecule has 0 saturated heterocycles. The molecule has 0 aromatic heterocycles. The summed E-state index contributed by atoms with van der Waals surface area (Å²) in [6, 6.07) is 15.6. The van der Waals surface area contributed by atoms with Gasteiger partial charge in [0.1, 0.15) is 12.4 Å². The van der Waals surface area contributed by atoms with Crippen LogP contribution < -0.4 is 15.4 Å². The van der Waals surface area contributed by atoms with Crippen LogP contribution in [0.1, 0.15) is 11.1 Å². The van der Waals surface area contributed by atoms with Gasteiger partial charge >= 0.3 is 0 Å². The Morgan fingerprint density at radius 1 is 1.20 bits per heavy atom. The molecular formula is C16H15N3O. The van der Waals surface area contributed by atoms with Crippen LogP contribution in [0.5, 0.6) is 5.75 Å². The minimum absolute atomic E-state index is 0.581. The number of nitriles is 1. The van der Waals surface area contributed by atoms with Gasteiger partial charge < -0.3 is 15.4 Å². The number of fused-ring (bicyclic) bond motifs is 1. The third-order valence-corrected chi connectivity index (χ3v) is 3.45. The van der Waals surface area contributed by atoms with E-state index >= 15 is 0 Å². The minimum atomic E-state index is 0.581. The Balaban J connectivity index is 1.94. The number of hydrogen-bond donors (Lipinski definition) is 1. The van der Waals surface area contributed by atoms with Gasteiger partial charge in [0, 0.05) is 12.1 Å². The minimum Gasteiger partial charge on any atom is -0.491 e. The Labute approximate surface area is 118 Å². The summed E-state index contributed by atoms with van der Waals surface area (Å²) in [7, 11) is 0. The van der Waals surface area contributed by atoms with Crippen molar-refractivity contribution in [1.82, 2.24) is 0 Å². The lowest BCUT2D eigenvalue weighted by molar-refractivity contribution is 0.331. The molecule has 0 radical (unpaired) electrons. The molecule has 1 aliphatic rings. The summed E-state index contributed by atoms with van der Waals surface area (Å²) in [4.78, 5) is 2.18. The van der Waals surface area contributed by atoms with E-state index in [4.69, 9.17) is 15.7 Å². The van der Waals surface area contributed by atoms with Crippen molar-refractivity contribution in [2.75, 3.05) is 23.8 Å². The molecule has 1 aliphatic heterocycles. The SMILES string of the molecule is N#Cc1ccc(N2CCOc3ccccc3C2)c(N)c1. The van der Waals surface area contributed by atoms with Crippen molar-refractivity contribution >= 4 is 11.4 Å². The van der Waals surface area contributed by atoms with E-state index in [0.717, 1.165) is 30.1 Å². The number of nitrogens with two attached hydrogens (primary N) is 1. The van der Waals surface area contributed by atoms with Crippen LogP contribution in [0.15, 0.2) is 42.5 Å². The zero-order chi connectivity index (χ0) is 13.9. The van der Waals surface area contributed by atoms with Gasteiger partial charge in [0.15, 0.2) is 0 Å². The topological polar surface area (TPSA) is 62.3 Å². The average molecular weight is 265 g/mol. The van der Waals surface area contributed by atoms with Gasteiger partial charge in [0.25, 0.3) is 0 Å². The maximum atomic E-state index is 8.90. The average Bonchev–Trinajstić information content (AvgIpc) is 2.69. The van der Waals surface area contributed by atoms with E-state index in [1.807, 2.05) is 24.3 Å². The molecule has 0 amide bonds. The van der Waals surface area contributed by atoms with Gasteiger partial charge in [-0.25, -0.2) is 0 Å². The van der Waals surface area contributed by atoms with Crippen LogP contribution in [0.4, 0.5) is 11.4 Å². The molecule has 1 heterocycles. The Bertz CT molecular complexity index is 676. The van der Waals surface area contributed by atoms with Gasteiger partial charge in [0.2, 0.25) is 0 Å². The molecule has 2 N–H and O–H groups in total. The number of nitrogens with zero attached hydrogens (tertiary/aromatic N) is 2. The number of anilines is 2. The normalized spacial score (nSPS) is 13.8. The van der Waals surface area contributed by atoms with E-state index < -0.39 is 0 Å². The van der Waals surface area contributed by atoms with Crippen LogP contribution in [-0.2, 0) is 6.54 Å². The molecule has 4 heteroatoms. The van der Waals surface area contributed by atoms with Crippen molar-refractivity contribution in [1.29, 1.82) is 5.26 Å². The second kappa shape index (κ2) is 5.14. The smallest absolute Gasteiger partial charge is 0.124 e. The first-order valence-corrected chi connectivity index (χ1v) is 6.53. The molecule has 0 saturated carbocycles. The molecule has 0 unspecified atom stereocenters. The predicted octanol–water partition coefficient (Wildman–Crippen LogP) is 2.54. The van der Waals surface area contributed by atoms with Crippen molar-refractivity contribution in [2.24, 2.45) is 0 Å². The second-order valence-electron chi connectivity index (χ2n) is 4.76. The highest BCUT2D eigenvalue weighted by atomic mass is 16.5. The molecule has 0 bridgehead atoms. The van der Waals surface area contributed by atoms with E-state index in [9.17, 15) is 0 Å². The molecule has 3 rings (SSSR count). The lowest BCUT2D eigenvalue weighted by atomic mass is 10.1. The van der Waals surface area contributed by atoms with E-state index in [-0.39, 0.29) is 0 Å². The number of nitrogen functional groups attached to an aromatic ring is 1. The lowest BCUT2D eigenvalue weighted by Gasteiger charge is -2.23. The van der Waals surface area contributed by atoms with Gasteiger partial charge in [-0.1, -0.05) is 18.2 Å². The van der Waals surface area contributed by atoms with Gasteiger partial charge in [-0.05, 0) is 24.3 Å². The fraction of sp³-hybridized carbons (Fsp3) is 0.188. The molecule has 100 valence electrons. The molecule has 2 aromatic rings. The zero-order valence-corrected chi connectivity index (χ0v) is 11.0. The Morgan fingerprint density at radius 2 is 2.05 bits per heavy atom. The molecule has 0 aliphatic carbocycles. The predicted molar refractivity (Wildman–Crippen MR) is 78.6 cm³/mol. The van der Waals surface area contributed by atoms with Crippen LogP contribution in [0.2, 0.25) is 0 Å². The second-order valence-corrected chi connectivity index (χ2v) is 4.76. The van der Waals surface area contributed by atoms with Crippen LogP contribution in [0.25, 0.3) is 0 Å². The summed E-state index contributed by atoms with van der Waals surface area (Å²) < 4.78 is 5.75. The molecule has 20 heavy (non-hydrogen) atoms. The summed E-state index contributed by atoms with van der Waals surface area (Å²) in [5.41, 5.74) is 9.37. The Hall–Kier alpha value is -2.67. The van der Waals surface area contributed by atoms with E-state index in [1.165, 1.54) is 0 Å². The van der Waals surface area contributed by atoms with E-state index in [0.29, 0.717) is 17.9 Å². The Kier molecular flexibility index (Phi) is 3.18. The molecular weight excluding hydrogens is 250 g/mol. The number of ether oxygens (including phenoxy) is 1. The summed E-state index contributed by atoms with van der Waals surface area (Å²) in [6.07, 6.45) is 0. The number of para-hydroxylation sites is 1. The first kappa shape index (κ1) is 12.4. The highest BCUT2D eigenvalue weighted by Crippen LogP contribution is 2.29.